The van der Waals surface area contributed by atoms with Gasteiger partial charge in [0.05, 0.1) is 4.90 Å². The second-order valence-corrected chi connectivity index (χ2v) is 7.23. The van der Waals surface area contributed by atoms with Crippen LogP contribution in [0.4, 0.5) is 0 Å². The van der Waals surface area contributed by atoms with Gasteiger partial charge in [-0.2, -0.15) is 0 Å². The molecule has 7 heteroatoms. The Kier molecular flexibility index (Phi) is 5.58. The van der Waals surface area contributed by atoms with E-state index in [1.165, 1.54) is 12.1 Å². The molecule has 0 unspecified atom stereocenters. The van der Waals surface area contributed by atoms with Gasteiger partial charge in [0.2, 0.25) is 0 Å². The summed E-state index contributed by atoms with van der Waals surface area (Å²) >= 11 is 3.17. The fraction of sp³-hybridized carbons (Fsp3) is 0.250. The molecule has 104 valence electrons. The number of halogens is 2. The summed E-state index contributed by atoms with van der Waals surface area (Å²) in [5, 5.41) is 0. The van der Waals surface area contributed by atoms with Crippen LogP contribution in [0.15, 0.2) is 40.2 Å². The van der Waals surface area contributed by atoms with Gasteiger partial charge in [0, 0.05) is 33.8 Å². The first-order valence-electron chi connectivity index (χ1n) is 5.45. The van der Waals surface area contributed by atoms with Gasteiger partial charge >= 0.3 is 0 Å². The van der Waals surface area contributed by atoms with Crippen LogP contribution in [0.2, 0.25) is 0 Å². The first-order chi connectivity index (χ1) is 8.79. The van der Waals surface area contributed by atoms with E-state index in [1.54, 1.807) is 17.0 Å². The largest absolute Gasteiger partial charge is 0.335 e. The van der Waals surface area contributed by atoms with Crippen molar-refractivity contribution < 1.29 is 13.2 Å². The topological polar surface area (TPSA) is 54.5 Å². The normalized spacial score (nSPS) is 11.1. The summed E-state index contributed by atoms with van der Waals surface area (Å²) in [5.41, 5.74) is 0.261. The lowest BCUT2D eigenvalue weighted by molar-refractivity contribution is 0.0782. The van der Waals surface area contributed by atoms with Crippen molar-refractivity contribution in [1.29, 1.82) is 0 Å². The third-order valence-corrected chi connectivity index (χ3v) is 4.21. The van der Waals surface area contributed by atoms with Gasteiger partial charge < -0.3 is 4.90 Å². The van der Waals surface area contributed by atoms with Gasteiger partial charge in [-0.25, -0.2) is 8.42 Å². The highest BCUT2D eigenvalue weighted by molar-refractivity contribution is 9.10. The minimum absolute atomic E-state index is 0.110. The molecule has 0 N–H and O–H groups in total. The number of likely N-dealkylation sites (N-methyl/N-ethyl adjacent to an activating group) is 1. The second-order valence-electron chi connectivity index (χ2n) is 3.75. The van der Waals surface area contributed by atoms with Crippen LogP contribution in [0.25, 0.3) is 0 Å². The fourth-order valence-electron chi connectivity index (χ4n) is 1.52. The first kappa shape index (κ1) is 16.2. The van der Waals surface area contributed by atoms with Gasteiger partial charge in [-0.1, -0.05) is 22.0 Å². The number of hydrogen-bond donors (Lipinski definition) is 0. The Bertz CT molecular complexity index is 601. The van der Waals surface area contributed by atoms with Crippen molar-refractivity contribution in [3.63, 3.8) is 0 Å². The highest BCUT2D eigenvalue weighted by Crippen LogP contribution is 2.23. The quantitative estimate of drug-likeness (QED) is 0.594. The summed E-state index contributed by atoms with van der Waals surface area (Å²) in [7, 11) is 1.42. The van der Waals surface area contributed by atoms with E-state index in [0.717, 1.165) is 0 Å². The Balaban J connectivity index is 3.24. The molecule has 0 aliphatic heterocycles. The SMILES string of the molecule is C=CCN(CC)C(=O)c1cc(Br)cc(S(=O)(=O)Cl)c1. The van der Waals surface area contributed by atoms with Gasteiger partial charge in [0.25, 0.3) is 15.0 Å². The Hall–Kier alpha value is -0.850. The average Bonchev–Trinajstić information content (AvgIpc) is 2.33. The molecule has 1 aromatic rings. The molecule has 19 heavy (non-hydrogen) atoms. The Morgan fingerprint density at radius 1 is 1.47 bits per heavy atom. The van der Waals surface area contributed by atoms with Crippen molar-refractivity contribution in [2.45, 2.75) is 11.8 Å². The molecule has 0 aliphatic rings. The standard InChI is InChI=1S/C12H13BrClNO3S/c1-3-5-15(4-2)12(16)9-6-10(13)8-11(7-9)19(14,17)18/h3,6-8H,1,4-5H2,2H3. The van der Waals surface area contributed by atoms with Gasteiger partial charge in [0.1, 0.15) is 0 Å². The van der Waals surface area contributed by atoms with Crippen molar-refractivity contribution in [1.82, 2.24) is 4.90 Å². The van der Waals surface area contributed by atoms with E-state index >= 15 is 0 Å². The molecule has 0 saturated heterocycles. The number of nitrogens with zero attached hydrogens (tertiary/aromatic N) is 1. The van der Waals surface area contributed by atoms with Crippen molar-refractivity contribution in [3.8, 4) is 0 Å². The van der Waals surface area contributed by atoms with E-state index in [0.29, 0.717) is 17.6 Å². The highest BCUT2D eigenvalue weighted by atomic mass is 79.9. The summed E-state index contributed by atoms with van der Waals surface area (Å²) in [6.45, 7) is 6.30. The number of benzene rings is 1. The fourth-order valence-corrected chi connectivity index (χ4v) is 2.97. The Labute approximate surface area is 125 Å². The van der Waals surface area contributed by atoms with Crippen LogP contribution in [0.1, 0.15) is 17.3 Å². The van der Waals surface area contributed by atoms with E-state index < -0.39 is 9.05 Å². The summed E-state index contributed by atoms with van der Waals surface area (Å²) in [4.78, 5) is 13.6. The van der Waals surface area contributed by atoms with E-state index in [1.807, 2.05) is 6.92 Å². The molecular weight excluding hydrogens is 354 g/mol. The van der Waals surface area contributed by atoms with Crippen LogP contribution in [0, 0.1) is 0 Å². The number of hydrogen-bond acceptors (Lipinski definition) is 3. The van der Waals surface area contributed by atoms with Crippen LogP contribution in [0.3, 0.4) is 0 Å². The molecule has 1 rings (SSSR count). The van der Waals surface area contributed by atoms with E-state index in [9.17, 15) is 13.2 Å². The van der Waals surface area contributed by atoms with E-state index in [4.69, 9.17) is 10.7 Å². The predicted molar refractivity (Wildman–Crippen MR) is 79.0 cm³/mol. The molecule has 0 atom stereocenters. The maximum absolute atomic E-state index is 12.2. The van der Waals surface area contributed by atoms with Crippen LogP contribution >= 0.6 is 26.6 Å². The predicted octanol–water partition coefficient (Wildman–Crippen LogP) is 3.02. The molecule has 0 saturated carbocycles. The maximum atomic E-state index is 12.2. The molecule has 0 aromatic heterocycles. The summed E-state index contributed by atoms with van der Waals surface area (Å²) in [6, 6.07) is 4.17. The molecule has 0 fully saturated rings. The number of carbonyl (C=O) groups is 1. The molecule has 0 heterocycles. The maximum Gasteiger partial charge on any atom is 0.261 e. The Morgan fingerprint density at radius 3 is 2.58 bits per heavy atom. The minimum Gasteiger partial charge on any atom is -0.335 e. The zero-order valence-electron chi connectivity index (χ0n) is 10.3. The summed E-state index contributed by atoms with van der Waals surface area (Å²) < 4.78 is 23.1. The average molecular weight is 367 g/mol. The van der Waals surface area contributed by atoms with E-state index in [-0.39, 0.29) is 16.4 Å². The van der Waals surface area contributed by atoms with Gasteiger partial charge in [0.15, 0.2) is 0 Å². The van der Waals surface area contributed by atoms with Gasteiger partial charge in [-0.3, -0.25) is 4.79 Å². The molecule has 0 bridgehead atoms. The molecular formula is C12H13BrClNO3S. The summed E-state index contributed by atoms with van der Waals surface area (Å²) in [6.07, 6.45) is 1.61. The third kappa shape index (κ3) is 4.33. The first-order valence-corrected chi connectivity index (χ1v) is 8.55. The lowest BCUT2D eigenvalue weighted by Gasteiger charge is -2.19. The molecule has 0 aliphatic carbocycles. The molecule has 0 spiro atoms. The van der Waals surface area contributed by atoms with Crippen molar-refractivity contribution >= 4 is 41.6 Å². The zero-order chi connectivity index (χ0) is 14.6. The molecule has 4 nitrogen and oxygen atoms in total. The summed E-state index contributed by atoms with van der Waals surface area (Å²) in [5.74, 6) is -0.273. The van der Waals surface area contributed by atoms with Crippen LogP contribution in [-0.2, 0) is 9.05 Å². The van der Waals surface area contributed by atoms with E-state index in [2.05, 4.69) is 22.5 Å². The second kappa shape index (κ2) is 6.54. The van der Waals surface area contributed by atoms with Gasteiger partial charge in [-0.05, 0) is 25.1 Å². The lowest BCUT2D eigenvalue weighted by atomic mass is 10.2. The zero-order valence-corrected chi connectivity index (χ0v) is 13.4. The highest BCUT2D eigenvalue weighted by Gasteiger charge is 2.18. The van der Waals surface area contributed by atoms with Crippen LogP contribution < -0.4 is 0 Å². The van der Waals surface area contributed by atoms with Crippen LogP contribution in [0.5, 0.6) is 0 Å². The minimum atomic E-state index is -3.87. The number of carbonyl (C=O) groups excluding carboxylic acids is 1. The lowest BCUT2D eigenvalue weighted by Crippen LogP contribution is -2.30. The molecule has 1 amide bonds. The molecule has 1 aromatic carbocycles. The van der Waals surface area contributed by atoms with Crippen molar-refractivity contribution in [3.05, 3.63) is 40.9 Å². The molecule has 0 radical (unpaired) electrons. The van der Waals surface area contributed by atoms with Crippen molar-refractivity contribution in [2.24, 2.45) is 0 Å². The Morgan fingerprint density at radius 2 is 2.11 bits per heavy atom. The van der Waals surface area contributed by atoms with Gasteiger partial charge in [-0.15, -0.1) is 6.58 Å². The van der Waals surface area contributed by atoms with Crippen molar-refractivity contribution in [2.75, 3.05) is 13.1 Å². The third-order valence-electron chi connectivity index (χ3n) is 2.42. The monoisotopic (exact) mass is 365 g/mol. The number of amides is 1. The number of rotatable bonds is 5. The smallest absolute Gasteiger partial charge is 0.261 e. The van der Waals surface area contributed by atoms with Crippen LogP contribution in [-0.4, -0.2) is 32.3 Å².